The van der Waals surface area contributed by atoms with E-state index < -0.39 is 26.6 Å². The summed E-state index contributed by atoms with van der Waals surface area (Å²) in [6.07, 6.45) is 95.4. The zero-order valence-corrected chi connectivity index (χ0v) is 61.4. The van der Waals surface area contributed by atoms with Crippen molar-refractivity contribution in [2.45, 2.75) is 367 Å². The Morgan fingerprint density at radius 1 is 0.396 bits per heavy atom. The van der Waals surface area contributed by atoms with Crippen LogP contribution in [0, 0.1) is 0 Å². The minimum Gasteiger partial charge on any atom is -0.756 e. The van der Waals surface area contributed by atoms with Crippen LogP contribution < -0.4 is 10.2 Å². The molecule has 1 amide bonds. The van der Waals surface area contributed by atoms with Gasteiger partial charge in [0.15, 0.2) is 0 Å². The molecule has 0 aliphatic heterocycles. The second-order valence-electron chi connectivity index (χ2n) is 27.1. The first kappa shape index (κ1) is 87.9. The molecule has 0 aliphatic rings. The molecule has 0 fully saturated rings. The van der Waals surface area contributed by atoms with Gasteiger partial charge in [0.1, 0.15) is 19.3 Å². The number of likely N-dealkylation sites (N-methyl/N-ethyl adjacent to an activating group) is 1. The van der Waals surface area contributed by atoms with E-state index in [1.54, 1.807) is 0 Å². The van der Waals surface area contributed by atoms with Crippen molar-refractivity contribution in [2.24, 2.45) is 0 Å². The molecule has 0 aromatic carbocycles. The van der Waals surface area contributed by atoms with Crippen molar-refractivity contribution in [1.82, 2.24) is 5.32 Å². The minimum absolute atomic E-state index is 0.0254. The van der Waals surface area contributed by atoms with E-state index in [1.807, 2.05) is 33.3 Å². The summed E-state index contributed by atoms with van der Waals surface area (Å²) in [5, 5.41) is 3.05. The molecule has 0 radical (unpaired) electrons. The van der Waals surface area contributed by atoms with E-state index in [4.69, 9.17) is 13.8 Å². The van der Waals surface area contributed by atoms with E-state index in [2.05, 4.69) is 111 Å². The lowest BCUT2D eigenvalue weighted by Gasteiger charge is -2.30. The van der Waals surface area contributed by atoms with Gasteiger partial charge in [-0.1, -0.05) is 330 Å². The fourth-order valence-corrected chi connectivity index (χ4v) is 11.8. The highest BCUT2D eigenvalue weighted by molar-refractivity contribution is 7.45. The fourth-order valence-electron chi connectivity index (χ4n) is 11.1. The number of unbranched alkanes of at least 4 members (excludes halogenated alkanes) is 40. The summed E-state index contributed by atoms with van der Waals surface area (Å²) in [5.41, 5.74) is 0. The summed E-state index contributed by atoms with van der Waals surface area (Å²) in [6.45, 7) is 6.74. The Balaban J connectivity index is 5.01. The van der Waals surface area contributed by atoms with E-state index >= 15 is 0 Å². The van der Waals surface area contributed by atoms with Crippen LogP contribution in [-0.4, -0.2) is 69.4 Å². The van der Waals surface area contributed by atoms with Gasteiger partial charge in [0.05, 0.1) is 33.8 Å². The van der Waals surface area contributed by atoms with E-state index in [0.29, 0.717) is 17.4 Å². The lowest BCUT2D eigenvalue weighted by atomic mass is 10.0. The number of amides is 1. The molecular weight excluding hydrogens is 1140 g/mol. The SMILES string of the molecule is CC/C=C\C/C=C\C/C=C\C/C=C\C/C=C\CCCCCCCCCCCC(=O)OC(/C=C/CCCCCCCCCCCCC)C(COP(=O)([O-])OCC[N+](C)(C)C)NC(=O)CCCCCCCCCCCCCCCCCCC/C=C\C/C=C\CCCCC. The Bertz CT molecular complexity index is 1880. The van der Waals surface area contributed by atoms with Gasteiger partial charge in [0.2, 0.25) is 5.91 Å². The maximum atomic E-state index is 13.7. The van der Waals surface area contributed by atoms with Gasteiger partial charge >= 0.3 is 5.97 Å². The standard InChI is InChI=1S/C81H147N2O7P/c1-7-10-13-16-19-22-25-28-30-32-34-36-38-40-41-43-44-46-48-50-52-55-58-61-64-67-70-73-80(84)82-78(77-89-91(86,87)88-76-75-83(4,5)6)79(72-69-66-63-60-57-54-27-24-21-18-15-12-9-3)90-81(85)74-71-68-65-62-59-56-53-51-49-47-45-42-39-37-35-33-31-29-26-23-20-17-14-11-8-2/h11,14,19-20,22-23,28-31,35,37,42,45,69,72,78-79H,7-10,12-13,15-18,21,24-27,32-34,36,38-41,43-44,46-68,70-71,73-77H2,1-6H3,(H-,82,84,86,87)/b14-11-,22-19-,23-20-,30-28-,31-29-,37-35-,45-42-,72-69+. The van der Waals surface area contributed by atoms with Crippen LogP contribution in [0.3, 0.4) is 0 Å². The van der Waals surface area contributed by atoms with Crippen LogP contribution >= 0.6 is 7.82 Å². The highest BCUT2D eigenvalue weighted by Gasteiger charge is 2.27. The summed E-state index contributed by atoms with van der Waals surface area (Å²) >= 11 is 0. The average Bonchev–Trinajstić information content (AvgIpc) is 3.70. The van der Waals surface area contributed by atoms with Gasteiger partial charge in [-0.05, 0) is 109 Å². The highest BCUT2D eigenvalue weighted by atomic mass is 31.2. The molecule has 0 heterocycles. The topological polar surface area (TPSA) is 114 Å². The fraction of sp³-hybridized carbons (Fsp3) is 0.778. The van der Waals surface area contributed by atoms with Crippen LogP contribution in [0.25, 0.3) is 0 Å². The number of carbonyl (C=O) groups excluding carboxylic acids is 2. The summed E-state index contributed by atoms with van der Waals surface area (Å²) < 4.78 is 30.5. The van der Waals surface area contributed by atoms with Crippen LogP contribution in [0.1, 0.15) is 355 Å². The summed E-state index contributed by atoms with van der Waals surface area (Å²) in [4.78, 5) is 40.3. The van der Waals surface area contributed by atoms with Crippen LogP contribution in [-0.2, 0) is 27.9 Å². The van der Waals surface area contributed by atoms with Crippen molar-refractivity contribution in [2.75, 3.05) is 40.9 Å². The number of nitrogens with zero attached hydrogens (tertiary/aromatic N) is 1. The van der Waals surface area contributed by atoms with Crippen molar-refractivity contribution < 1.29 is 37.3 Å². The number of hydrogen-bond acceptors (Lipinski definition) is 7. The largest absolute Gasteiger partial charge is 0.756 e. The Kier molecular flexibility index (Phi) is 67.4. The monoisotopic (exact) mass is 1290 g/mol. The predicted molar refractivity (Wildman–Crippen MR) is 394 cm³/mol. The molecular formula is C81H147N2O7P. The predicted octanol–water partition coefficient (Wildman–Crippen LogP) is 24.4. The first-order valence-corrected chi connectivity index (χ1v) is 40.0. The molecule has 0 saturated carbocycles. The summed E-state index contributed by atoms with van der Waals surface area (Å²) in [7, 11) is 1.18. The third-order valence-corrected chi connectivity index (χ3v) is 18.0. The number of esters is 1. The maximum absolute atomic E-state index is 13.7. The molecule has 3 atom stereocenters. The molecule has 1 N–H and O–H groups in total. The van der Waals surface area contributed by atoms with Crippen LogP contribution in [0.4, 0.5) is 0 Å². The maximum Gasteiger partial charge on any atom is 0.306 e. The lowest BCUT2D eigenvalue weighted by molar-refractivity contribution is -0.870. The van der Waals surface area contributed by atoms with Gasteiger partial charge in [-0.3, -0.25) is 14.2 Å². The van der Waals surface area contributed by atoms with Crippen LogP contribution in [0.15, 0.2) is 97.2 Å². The molecule has 0 rings (SSSR count). The van der Waals surface area contributed by atoms with Gasteiger partial charge < -0.3 is 28.5 Å². The number of phosphoric ester groups is 1. The van der Waals surface area contributed by atoms with Crippen molar-refractivity contribution in [3.63, 3.8) is 0 Å². The van der Waals surface area contributed by atoms with E-state index in [0.717, 1.165) is 109 Å². The zero-order chi connectivity index (χ0) is 66.3. The lowest BCUT2D eigenvalue weighted by Crippen LogP contribution is -2.47. The molecule has 528 valence electrons. The second-order valence-corrected chi connectivity index (χ2v) is 28.5. The number of carbonyl (C=O) groups is 2. The molecule has 0 saturated heterocycles. The zero-order valence-electron chi connectivity index (χ0n) is 60.5. The first-order valence-electron chi connectivity index (χ1n) is 38.5. The molecule has 0 aliphatic carbocycles. The Labute approximate surface area is 564 Å². The number of quaternary nitrogens is 1. The number of rotatable bonds is 70. The number of phosphoric acid groups is 1. The van der Waals surface area contributed by atoms with Gasteiger partial charge in [-0.15, -0.1) is 0 Å². The van der Waals surface area contributed by atoms with Crippen LogP contribution in [0.5, 0.6) is 0 Å². The number of nitrogens with one attached hydrogen (secondary N) is 1. The smallest absolute Gasteiger partial charge is 0.306 e. The number of ether oxygens (including phenoxy) is 1. The van der Waals surface area contributed by atoms with Gasteiger partial charge in [0.25, 0.3) is 7.82 Å². The highest BCUT2D eigenvalue weighted by Crippen LogP contribution is 2.38. The molecule has 3 unspecified atom stereocenters. The van der Waals surface area contributed by atoms with E-state index in [9.17, 15) is 19.0 Å². The third-order valence-electron chi connectivity index (χ3n) is 17.0. The Morgan fingerprint density at radius 3 is 1.08 bits per heavy atom. The van der Waals surface area contributed by atoms with Gasteiger partial charge in [-0.25, -0.2) is 0 Å². The van der Waals surface area contributed by atoms with Crippen molar-refractivity contribution in [3.8, 4) is 0 Å². The molecule has 0 aromatic heterocycles. The molecule has 0 aromatic rings. The Morgan fingerprint density at radius 2 is 0.703 bits per heavy atom. The van der Waals surface area contributed by atoms with Crippen molar-refractivity contribution in [3.05, 3.63) is 97.2 Å². The van der Waals surface area contributed by atoms with Gasteiger partial charge in [-0.2, -0.15) is 0 Å². The second kappa shape index (κ2) is 69.8. The number of allylic oxidation sites excluding steroid dienone is 15. The van der Waals surface area contributed by atoms with E-state index in [1.165, 1.54) is 212 Å². The minimum atomic E-state index is -4.71. The molecule has 10 heteroatoms. The molecule has 0 spiro atoms. The third kappa shape index (κ3) is 71.1. The molecule has 91 heavy (non-hydrogen) atoms. The molecule has 9 nitrogen and oxygen atoms in total. The van der Waals surface area contributed by atoms with Crippen LogP contribution in [0.2, 0.25) is 0 Å². The number of hydrogen-bond donors (Lipinski definition) is 1. The van der Waals surface area contributed by atoms with E-state index in [-0.39, 0.29) is 24.9 Å². The summed E-state index contributed by atoms with van der Waals surface area (Å²) in [6, 6.07) is -0.896. The van der Waals surface area contributed by atoms with Crippen molar-refractivity contribution in [1.29, 1.82) is 0 Å². The quantitative estimate of drug-likeness (QED) is 0.0212. The van der Waals surface area contributed by atoms with Gasteiger partial charge in [0, 0.05) is 12.8 Å². The molecule has 0 bridgehead atoms. The van der Waals surface area contributed by atoms with Crippen molar-refractivity contribution >= 4 is 19.7 Å². The normalized spacial score (nSPS) is 14.0. The average molecular weight is 1290 g/mol. The summed E-state index contributed by atoms with van der Waals surface area (Å²) in [5.74, 6) is -0.538. The first-order chi connectivity index (χ1) is 44.4. The Hall–Kier alpha value is -3.07.